The number of halogens is 2. The number of hydrogen-bond donors (Lipinski definition) is 1. The van der Waals surface area contributed by atoms with Crippen molar-refractivity contribution in [1.82, 2.24) is 19.4 Å². The van der Waals surface area contributed by atoms with E-state index in [-0.39, 0.29) is 17.3 Å². The summed E-state index contributed by atoms with van der Waals surface area (Å²) in [5, 5.41) is 0. The van der Waals surface area contributed by atoms with Crippen LogP contribution in [0.4, 0.5) is 29.0 Å². The van der Waals surface area contributed by atoms with Gasteiger partial charge in [0.25, 0.3) is 0 Å². The minimum Gasteiger partial charge on any atom is -0.497 e. The Labute approximate surface area is 237 Å². The Kier molecular flexibility index (Phi) is 10.1. The van der Waals surface area contributed by atoms with Crippen LogP contribution in [0.2, 0.25) is 0 Å². The third kappa shape index (κ3) is 7.56. The summed E-state index contributed by atoms with van der Waals surface area (Å²) in [7, 11) is 5.51. The second-order valence-corrected chi connectivity index (χ2v) is 8.31. The Morgan fingerprint density at radius 3 is 1.93 bits per heavy atom. The number of hydrogen-bond acceptors (Lipinski definition) is 10. The molecule has 1 saturated heterocycles. The largest absolute Gasteiger partial charge is 0.497 e. The number of benzene rings is 2. The molecule has 1 fully saturated rings. The fraction of sp³-hybridized carbons (Fsp3) is 0.231. The van der Waals surface area contributed by atoms with Crippen LogP contribution >= 0.6 is 0 Å². The van der Waals surface area contributed by atoms with Gasteiger partial charge in [0.15, 0.2) is 17.8 Å². The number of imide groups is 1. The molecule has 0 bridgehead atoms. The molecule has 1 unspecified atom stereocenters. The smallest absolute Gasteiger partial charge is 0.440 e. The molecule has 0 aliphatic carbocycles. The maximum absolute atomic E-state index is 14.7. The number of rotatable bonds is 4. The van der Waals surface area contributed by atoms with Crippen LogP contribution in [0.1, 0.15) is 0 Å². The van der Waals surface area contributed by atoms with Crippen molar-refractivity contribution in [2.75, 3.05) is 33.5 Å². The van der Waals surface area contributed by atoms with Crippen molar-refractivity contribution in [2.24, 2.45) is 12.0 Å². The number of aromatic nitrogens is 2. The average Bonchev–Trinajstić information content (AvgIpc) is 2.99. The topological polar surface area (TPSA) is 168 Å². The molecule has 1 atom stereocenters. The van der Waals surface area contributed by atoms with Gasteiger partial charge in [0.1, 0.15) is 28.8 Å². The number of amides is 4. The number of nitrogen functional groups attached to an aromatic ring is 1. The van der Waals surface area contributed by atoms with Crippen molar-refractivity contribution in [2.45, 2.75) is 6.17 Å². The lowest BCUT2D eigenvalue weighted by Gasteiger charge is -2.33. The van der Waals surface area contributed by atoms with Gasteiger partial charge in [-0.15, -0.1) is 0 Å². The zero-order valence-corrected chi connectivity index (χ0v) is 22.8. The quantitative estimate of drug-likeness (QED) is 0.478. The Morgan fingerprint density at radius 1 is 0.929 bits per heavy atom. The molecule has 222 valence electrons. The van der Waals surface area contributed by atoms with Crippen LogP contribution in [0.25, 0.3) is 0 Å². The molecule has 0 radical (unpaired) electrons. The molecule has 2 aromatic carbocycles. The maximum Gasteiger partial charge on any atom is 0.440 e. The van der Waals surface area contributed by atoms with Crippen molar-refractivity contribution in [3.8, 4) is 23.0 Å². The summed E-state index contributed by atoms with van der Waals surface area (Å²) in [5.41, 5.74) is 4.57. The molecule has 2 N–H and O–H groups in total. The van der Waals surface area contributed by atoms with Crippen LogP contribution < -0.4 is 30.4 Å². The Hall–Kier alpha value is -5.54. The Bertz CT molecular complexity index is 1530. The van der Waals surface area contributed by atoms with E-state index in [9.17, 15) is 28.0 Å². The van der Waals surface area contributed by atoms with Gasteiger partial charge in [-0.05, 0) is 48.5 Å². The molecule has 3 aromatic rings. The monoisotopic (exact) mass is 588 g/mol. The minimum absolute atomic E-state index is 0.143. The first-order valence-electron chi connectivity index (χ1n) is 11.9. The molecule has 2 heterocycles. The molecular weight excluding hydrogens is 562 g/mol. The van der Waals surface area contributed by atoms with Crippen LogP contribution in [0, 0.1) is 5.82 Å². The number of ether oxygens (including phenoxy) is 4. The van der Waals surface area contributed by atoms with Crippen LogP contribution in [-0.2, 0) is 7.05 Å². The highest BCUT2D eigenvalue weighted by Crippen LogP contribution is 2.21. The SMILES string of the molecule is COc1ccc(OC(=O)N=C2C(F)CN(C(=O)Oc3ccc(OC)cc3)C(=O)N2C)cc1.Cn1c(N)c(F)cnc1=O. The molecule has 4 amide bonds. The van der Waals surface area contributed by atoms with Crippen molar-refractivity contribution in [3.63, 3.8) is 0 Å². The molecule has 16 heteroatoms. The zero-order valence-electron chi connectivity index (χ0n) is 22.8. The lowest BCUT2D eigenvalue weighted by atomic mass is 10.2. The highest BCUT2D eigenvalue weighted by atomic mass is 19.1. The van der Waals surface area contributed by atoms with Gasteiger partial charge in [-0.3, -0.25) is 9.47 Å². The van der Waals surface area contributed by atoms with Gasteiger partial charge < -0.3 is 24.7 Å². The third-order valence-electron chi connectivity index (χ3n) is 5.62. The van der Waals surface area contributed by atoms with Gasteiger partial charge in [0.05, 0.1) is 27.0 Å². The molecule has 42 heavy (non-hydrogen) atoms. The van der Waals surface area contributed by atoms with E-state index in [1.54, 1.807) is 24.3 Å². The molecule has 14 nitrogen and oxygen atoms in total. The van der Waals surface area contributed by atoms with E-state index in [0.717, 1.165) is 15.7 Å². The number of carbonyl (C=O) groups is 3. The van der Waals surface area contributed by atoms with E-state index >= 15 is 0 Å². The second-order valence-electron chi connectivity index (χ2n) is 8.31. The summed E-state index contributed by atoms with van der Waals surface area (Å²) in [6.45, 7) is -0.674. The third-order valence-corrected chi connectivity index (χ3v) is 5.62. The van der Waals surface area contributed by atoms with Gasteiger partial charge in [0, 0.05) is 14.1 Å². The molecule has 1 aromatic heterocycles. The number of urea groups is 1. The number of alkyl halides is 1. The number of methoxy groups -OCH3 is 2. The van der Waals surface area contributed by atoms with E-state index in [4.69, 9.17) is 24.7 Å². The second kappa shape index (κ2) is 13.7. The molecular formula is C26H26F2N6O8. The fourth-order valence-electron chi connectivity index (χ4n) is 3.30. The summed E-state index contributed by atoms with van der Waals surface area (Å²) >= 11 is 0. The van der Waals surface area contributed by atoms with Gasteiger partial charge in [-0.25, -0.2) is 32.9 Å². The van der Waals surface area contributed by atoms with E-state index < -0.39 is 48.3 Å². The molecule has 1 aliphatic heterocycles. The first-order chi connectivity index (χ1) is 19.9. The van der Waals surface area contributed by atoms with E-state index in [2.05, 4.69) is 9.98 Å². The Morgan fingerprint density at radius 2 is 1.43 bits per heavy atom. The average molecular weight is 589 g/mol. The van der Waals surface area contributed by atoms with Gasteiger partial charge >= 0.3 is 23.9 Å². The van der Waals surface area contributed by atoms with E-state index in [1.165, 1.54) is 52.6 Å². The summed E-state index contributed by atoms with van der Waals surface area (Å²) in [6.07, 6.45) is -3.32. The van der Waals surface area contributed by atoms with E-state index in [1.807, 2.05) is 0 Å². The van der Waals surface area contributed by atoms with E-state index in [0.29, 0.717) is 16.4 Å². The van der Waals surface area contributed by atoms with Crippen LogP contribution in [-0.4, -0.2) is 77.4 Å². The number of amidine groups is 1. The molecule has 0 saturated carbocycles. The van der Waals surface area contributed by atoms with Crippen molar-refractivity contribution in [1.29, 1.82) is 0 Å². The molecule has 4 rings (SSSR count). The zero-order chi connectivity index (χ0) is 31.0. The van der Waals surface area contributed by atoms with Gasteiger partial charge in [-0.2, -0.15) is 9.98 Å². The predicted molar refractivity (Wildman–Crippen MR) is 144 cm³/mol. The van der Waals surface area contributed by atoms with Gasteiger partial charge in [0.2, 0.25) is 0 Å². The highest BCUT2D eigenvalue weighted by molar-refractivity contribution is 6.09. The maximum atomic E-state index is 14.7. The summed E-state index contributed by atoms with van der Waals surface area (Å²) < 4.78 is 48.2. The van der Waals surface area contributed by atoms with Crippen LogP contribution in [0.5, 0.6) is 23.0 Å². The van der Waals surface area contributed by atoms with Gasteiger partial charge in [-0.1, -0.05) is 0 Å². The van der Waals surface area contributed by atoms with Crippen molar-refractivity contribution < 1.29 is 42.1 Å². The fourth-order valence-corrected chi connectivity index (χ4v) is 3.30. The lowest BCUT2D eigenvalue weighted by molar-refractivity contribution is 0.128. The number of nitrogens with two attached hydrogens (primary N) is 1. The van der Waals surface area contributed by atoms with Crippen molar-refractivity contribution >= 4 is 29.9 Å². The van der Waals surface area contributed by atoms with Crippen LogP contribution in [0.15, 0.2) is 64.5 Å². The number of anilines is 1. The number of carbonyl (C=O) groups excluding carboxylic acids is 3. The lowest BCUT2D eigenvalue weighted by Crippen LogP contribution is -2.58. The number of nitrogens with zero attached hydrogens (tertiary/aromatic N) is 5. The van der Waals surface area contributed by atoms with Crippen molar-refractivity contribution in [3.05, 3.63) is 71.0 Å². The minimum atomic E-state index is -1.93. The first-order valence-corrected chi connectivity index (χ1v) is 11.9. The summed E-state index contributed by atoms with van der Waals surface area (Å²) in [6, 6.07) is 11.2. The predicted octanol–water partition coefficient (Wildman–Crippen LogP) is 3.01. The Balaban J connectivity index is 0.000000408. The summed E-state index contributed by atoms with van der Waals surface area (Å²) in [5.74, 6) is 0.0438. The first kappa shape index (κ1) is 31.0. The normalized spacial score (nSPS) is 15.4. The van der Waals surface area contributed by atoms with Crippen LogP contribution in [0.3, 0.4) is 0 Å². The molecule has 1 aliphatic rings. The molecule has 0 spiro atoms. The standard InChI is InChI=1S/C21H20FN3O7.C5H6FN3O/c1-24-18(23-19(26)31-15-8-4-13(29-2)5-9-15)17(22)12-25(20(24)27)21(28)32-16-10-6-14(30-3)7-11-16;1-9-4(7)3(6)2-8-5(9)10/h4-11,17H,12H2,1-3H3;2H,7H2,1H3. The number of aliphatic imine (C=N–C) groups is 1. The highest BCUT2D eigenvalue weighted by Gasteiger charge is 2.40. The summed E-state index contributed by atoms with van der Waals surface area (Å²) in [4.78, 5) is 55.6.